The van der Waals surface area contributed by atoms with E-state index < -0.39 is 5.91 Å². The number of para-hydroxylation sites is 1. The second kappa shape index (κ2) is 8.29. The summed E-state index contributed by atoms with van der Waals surface area (Å²) in [7, 11) is 0. The Morgan fingerprint density at radius 1 is 1.03 bits per heavy atom. The van der Waals surface area contributed by atoms with Crippen LogP contribution in [0, 0.1) is 0 Å². The number of thiocarbonyl (C=S) groups is 1. The van der Waals surface area contributed by atoms with Crippen molar-refractivity contribution in [3.8, 4) is 0 Å². The van der Waals surface area contributed by atoms with Crippen molar-refractivity contribution in [1.29, 1.82) is 0 Å². The number of likely N-dealkylation sites (N-methyl/N-ethyl adjacent to an activating group) is 1. The Labute approximate surface area is 191 Å². The third-order valence-electron chi connectivity index (χ3n) is 5.36. The number of hydrogen-bond acceptors (Lipinski definition) is 3. The van der Waals surface area contributed by atoms with Crippen LogP contribution in [0.1, 0.15) is 32.4 Å². The van der Waals surface area contributed by atoms with E-state index in [0.717, 1.165) is 16.5 Å². The number of nitrogens with zero attached hydrogens (tertiary/aromatic N) is 3. The van der Waals surface area contributed by atoms with Crippen molar-refractivity contribution in [3.63, 3.8) is 0 Å². The lowest BCUT2D eigenvalue weighted by atomic mass is 10.1. The van der Waals surface area contributed by atoms with Crippen LogP contribution in [0.15, 0.2) is 60.3 Å². The fourth-order valence-corrected chi connectivity index (χ4v) is 4.33. The Balaban J connectivity index is 1.87. The zero-order valence-corrected chi connectivity index (χ0v) is 19.1. The van der Waals surface area contributed by atoms with Crippen LogP contribution in [0.25, 0.3) is 17.0 Å². The first-order valence-corrected chi connectivity index (χ1v) is 10.9. The number of carbonyl (C=O) groups excluding carboxylic acids is 2. The Morgan fingerprint density at radius 2 is 1.71 bits per heavy atom. The summed E-state index contributed by atoms with van der Waals surface area (Å²) in [6.45, 7) is 6.39. The van der Waals surface area contributed by atoms with Crippen molar-refractivity contribution in [2.75, 3.05) is 11.4 Å². The number of aromatic nitrogens is 1. The highest BCUT2D eigenvalue weighted by Crippen LogP contribution is 2.30. The van der Waals surface area contributed by atoms with Gasteiger partial charge in [0.2, 0.25) is 0 Å². The molecule has 0 N–H and O–H groups in total. The molecule has 2 aromatic carbocycles. The van der Waals surface area contributed by atoms with Gasteiger partial charge in [-0.2, -0.15) is 0 Å². The summed E-state index contributed by atoms with van der Waals surface area (Å²) >= 11 is 11.5. The predicted molar refractivity (Wildman–Crippen MR) is 129 cm³/mol. The van der Waals surface area contributed by atoms with Gasteiger partial charge < -0.3 is 4.57 Å². The van der Waals surface area contributed by atoms with Gasteiger partial charge in [0, 0.05) is 40.3 Å². The van der Waals surface area contributed by atoms with Gasteiger partial charge in [-0.25, -0.2) is 0 Å². The van der Waals surface area contributed by atoms with Crippen molar-refractivity contribution >= 4 is 63.4 Å². The van der Waals surface area contributed by atoms with Gasteiger partial charge in [-0.05, 0) is 69.4 Å². The average Bonchev–Trinajstić information content (AvgIpc) is 3.12. The Bertz CT molecular complexity index is 1230. The molecule has 2 heterocycles. The first-order chi connectivity index (χ1) is 14.8. The van der Waals surface area contributed by atoms with Crippen molar-refractivity contribution in [1.82, 2.24) is 9.47 Å². The van der Waals surface area contributed by atoms with E-state index >= 15 is 0 Å². The molecular weight excluding hydrogens is 430 g/mol. The molecule has 1 saturated heterocycles. The van der Waals surface area contributed by atoms with Gasteiger partial charge in [0.1, 0.15) is 5.57 Å². The molecule has 7 heteroatoms. The van der Waals surface area contributed by atoms with Crippen LogP contribution in [0.3, 0.4) is 0 Å². The SMILES string of the molecule is CCN1C(=O)/C(=C\c2cn(C(C)C)c3ccccc23)C(=O)N(c2ccc(Cl)cc2)C1=S. The molecule has 0 atom stereocenters. The van der Waals surface area contributed by atoms with E-state index in [1.54, 1.807) is 30.3 Å². The minimum Gasteiger partial charge on any atom is -0.344 e. The summed E-state index contributed by atoms with van der Waals surface area (Å²) in [4.78, 5) is 29.5. The lowest BCUT2D eigenvalue weighted by Crippen LogP contribution is -2.56. The number of anilines is 1. The standard InChI is InChI=1S/C24H22ClN3O2S/c1-4-26-22(29)20(23(30)28(24(26)31)18-11-9-17(25)10-12-18)13-16-14-27(15(2)3)21-8-6-5-7-19(16)21/h5-15H,4H2,1-3H3/b20-13+. The molecule has 4 rings (SSSR count). The first kappa shape index (κ1) is 21.3. The molecule has 0 spiro atoms. The maximum Gasteiger partial charge on any atom is 0.270 e. The quantitative estimate of drug-likeness (QED) is 0.301. The monoisotopic (exact) mass is 451 g/mol. The molecule has 0 aliphatic carbocycles. The number of amides is 2. The summed E-state index contributed by atoms with van der Waals surface area (Å²) in [5.41, 5.74) is 2.52. The number of carbonyl (C=O) groups is 2. The van der Waals surface area contributed by atoms with Gasteiger partial charge in [0.15, 0.2) is 5.11 Å². The fourth-order valence-electron chi connectivity index (χ4n) is 3.80. The van der Waals surface area contributed by atoms with Crippen LogP contribution in [-0.4, -0.2) is 32.9 Å². The average molecular weight is 452 g/mol. The van der Waals surface area contributed by atoms with Crippen molar-refractivity contribution in [2.45, 2.75) is 26.8 Å². The van der Waals surface area contributed by atoms with Crippen molar-refractivity contribution in [3.05, 3.63) is 70.9 Å². The van der Waals surface area contributed by atoms with Crippen LogP contribution in [0.5, 0.6) is 0 Å². The Hall–Kier alpha value is -2.96. The third-order valence-corrected chi connectivity index (χ3v) is 6.01. The van der Waals surface area contributed by atoms with Gasteiger partial charge in [0.05, 0.1) is 5.69 Å². The number of rotatable bonds is 4. The number of halogens is 1. The third kappa shape index (κ3) is 3.66. The molecule has 0 bridgehead atoms. The largest absolute Gasteiger partial charge is 0.344 e. The summed E-state index contributed by atoms with van der Waals surface area (Å²) in [6, 6.07) is 15.0. The maximum absolute atomic E-state index is 13.5. The van der Waals surface area contributed by atoms with E-state index in [4.69, 9.17) is 23.8 Å². The topological polar surface area (TPSA) is 45.6 Å². The smallest absolute Gasteiger partial charge is 0.270 e. The Kier molecular flexibility index (Phi) is 5.69. The highest BCUT2D eigenvalue weighted by Gasteiger charge is 2.39. The summed E-state index contributed by atoms with van der Waals surface area (Å²) in [5.74, 6) is -0.826. The maximum atomic E-state index is 13.5. The van der Waals surface area contributed by atoms with Crippen LogP contribution in [0.4, 0.5) is 5.69 Å². The lowest BCUT2D eigenvalue weighted by Gasteiger charge is -2.36. The molecule has 0 saturated carbocycles. The van der Waals surface area contributed by atoms with Crippen LogP contribution in [-0.2, 0) is 9.59 Å². The van der Waals surface area contributed by atoms with E-state index in [1.165, 1.54) is 9.80 Å². The number of hydrogen-bond donors (Lipinski definition) is 0. The van der Waals surface area contributed by atoms with E-state index in [9.17, 15) is 9.59 Å². The lowest BCUT2D eigenvalue weighted by molar-refractivity contribution is -0.127. The fraction of sp³-hybridized carbons (Fsp3) is 0.208. The molecule has 0 radical (unpaired) electrons. The van der Waals surface area contributed by atoms with Crippen LogP contribution >= 0.6 is 23.8 Å². The number of fused-ring (bicyclic) bond motifs is 1. The Morgan fingerprint density at radius 3 is 2.35 bits per heavy atom. The molecule has 1 fully saturated rings. The summed E-state index contributed by atoms with van der Waals surface area (Å²) < 4.78 is 2.14. The molecule has 3 aromatic rings. The first-order valence-electron chi connectivity index (χ1n) is 10.1. The molecule has 1 aromatic heterocycles. The van der Waals surface area contributed by atoms with Gasteiger partial charge in [-0.15, -0.1) is 0 Å². The van der Waals surface area contributed by atoms with E-state index in [1.807, 2.05) is 37.4 Å². The second-order valence-electron chi connectivity index (χ2n) is 7.61. The summed E-state index contributed by atoms with van der Waals surface area (Å²) in [6.07, 6.45) is 3.66. The van der Waals surface area contributed by atoms with Crippen LogP contribution < -0.4 is 4.90 Å². The molecular formula is C24H22ClN3O2S. The van der Waals surface area contributed by atoms with Gasteiger partial charge in [-0.1, -0.05) is 29.8 Å². The molecule has 2 amide bonds. The summed E-state index contributed by atoms with van der Waals surface area (Å²) in [5, 5.41) is 1.71. The molecule has 0 unspecified atom stereocenters. The number of benzene rings is 2. The molecule has 31 heavy (non-hydrogen) atoms. The second-order valence-corrected chi connectivity index (χ2v) is 8.41. The van der Waals surface area contributed by atoms with E-state index in [-0.39, 0.29) is 22.6 Å². The zero-order valence-electron chi connectivity index (χ0n) is 17.5. The molecule has 5 nitrogen and oxygen atoms in total. The highest BCUT2D eigenvalue weighted by molar-refractivity contribution is 7.80. The zero-order chi connectivity index (χ0) is 22.3. The van der Waals surface area contributed by atoms with E-state index in [2.05, 4.69) is 18.4 Å². The van der Waals surface area contributed by atoms with Crippen LogP contribution in [0.2, 0.25) is 5.02 Å². The minimum atomic E-state index is -0.441. The van der Waals surface area contributed by atoms with Crippen molar-refractivity contribution < 1.29 is 9.59 Å². The molecule has 158 valence electrons. The van der Waals surface area contributed by atoms with Gasteiger partial charge in [-0.3, -0.25) is 19.4 Å². The van der Waals surface area contributed by atoms with Gasteiger partial charge in [0.25, 0.3) is 11.8 Å². The normalized spacial score (nSPS) is 16.3. The van der Waals surface area contributed by atoms with E-state index in [0.29, 0.717) is 17.3 Å². The minimum absolute atomic E-state index is 0.0806. The van der Waals surface area contributed by atoms with Crippen molar-refractivity contribution in [2.24, 2.45) is 0 Å². The molecule has 1 aliphatic heterocycles. The highest BCUT2D eigenvalue weighted by atomic mass is 35.5. The molecule has 1 aliphatic rings. The van der Waals surface area contributed by atoms with Gasteiger partial charge >= 0.3 is 0 Å². The predicted octanol–water partition coefficient (Wildman–Crippen LogP) is 5.44.